The van der Waals surface area contributed by atoms with Crippen LogP contribution in [-0.4, -0.2) is 11.1 Å². The normalized spacial score (nSPS) is 16.3. The first kappa shape index (κ1) is 12.2. The average Bonchev–Trinajstić information content (AvgIpc) is 2.35. The van der Waals surface area contributed by atoms with Crippen LogP contribution in [0.15, 0.2) is 18.2 Å². The lowest BCUT2D eigenvalue weighted by Crippen LogP contribution is -2.12. The predicted molar refractivity (Wildman–Crippen MR) is 68.2 cm³/mol. The molecule has 2 heteroatoms. The third-order valence-electron chi connectivity index (χ3n) is 3.76. The SMILES string of the molecule is CC(CCc1cccc2c1CCCC2)C(=O)O. The number of rotatable bonds is 4. The number of carbonyl (C=O) groups is 1. The zero-order valence-corrected chi connectivity index (χ0v) is 10.4. The van der Waals surface area contributed by atoms with Gasteiger partial charge in [-0.05, 0) is 55.2 Å². The van der Waals surface area contributed by atoms with Crippen molar-refractivity contribution in [2.24, 2.45) is 5.92 Å². The van der Waals surface area contributed by atoms with Crippen molar-refractivity contribution >= 4 is 5.97 Å². The minimum atomic E-state index is -0.685. The number of carboxylic acid groups (broad SMARTS) is 1. The molecule has 1 aliphatic carbocycles. The molecule has 0 aromatic heterocycles. The number of hydrogen-bond acceptors (Lipinski definition) is 1. The Balaban J connectivity index is 2.08. The van der Waals surface area contributed by atoms with Gasteiger partial charge in [0.25, 0.3) is 0 Å². The number of aliphatic carboxylic acids is 1. The second kappa shape index (κ2) is 5.35. The molecule has 17 heavy (non-hydrogen) atoms. The van der Waals surface area contributed by atoms with Crippen LogP contribution < -0.4 is 0 Å². The first-order chi connectivity index (χ1) is 8.18. The van der Waals surface area contributed by atoms with Crippen LogP contribution in [0, 0.1) is 5.92 Å². The van der Waals surface area contributed by atoms with Crippen molar-refractivity contribution < 1.29 is 9.90 Å². The van der Waals surface area contributed by atoms with Gasteiger partial charge in [0.15, 0.2) is 0 Å². The number of fused-ring (bicyclic) bond motifs is 1. The fraction of sp³-hybridized carbons (Fsp3) is 0.533. The third-order valence-corrected chi connectivity index (χ3v) is 3.76. The highest BCUT2D eigenvalue weighted by atomic mass is 16.4. The maximum absolute atomic E-state index is 10.8. The number of carboxylic acids is 1. The van der Waals surface area contributed by atoms with Gasteiger partial charge in [0.1, 0.15) is 0 Å². The Morgan fingerprint density at radius 1 is 1.35 bits per heavy atom. The van der Waals surface area contributed by atoms with Gasteiger partial charge in [-0.3, -0.25) is 4.79 Å². The quantitative estimate of drug-likeness (QED) is 0.865. The summed E-state index contributed by atoms with van der Waals surface area (Å²) in [7, 11) is 0. The van der Waals surface area contributed by atoms with Crippen molar-refractivity contribution in [2.75, 3.05) is 0 Å². The summed E-state index contributed by atoms with van der Waals surface area (Å²) in [6.45, 7) is 1.79. The zero-order chi connectivity index (χ0) is 12.3. The summed E-state index contributed by atoms with van der Waals surface area (Å²) >= 11 is 0. The van der Waals surface area contributed by atoms with Crippen LogP contribution >= 0.6 is 0 Å². The van der Waals surface area contributed by atoms with Crippen molar-refractivity contribution in [3.63, 3.8) is 0 Å². The molecule has 1 atom stereocenters. The first-order valence-electron chi connectivity index (χ1n) is 6.51. The highest BCUT2D eigenvalue weighted by molar-refractivity contribution is 5.69. The van der Waals surface area contributed by atoms with Gasteiger partial charge in [0, 0.05) is 0 Å². The molecule has 0 bridgehead atoms. The van der Waals surface area contributed by atoms with E-state index in [1.54, 1.807) is 6.92 Å². The van der Waals surface area contributed by atoms with Gasteiger partial charge in [-0.2, -0.15) is 0 Å². The van der Waals surface area contributed by atoms with Crippen LogP contribution in [-0.2, 0) is 24.1 Å². The molecule has 1 aromatic carbocycles. The van der Waals surface area contributed by atoms with Gasteiger partial charge < -0.3 is 5.11 Å². The molecule has 0 saturated heterocycles. The second-order valence-corrected chi connectivity index (χ2v) is 5.04. The lowest BCUT2D eigenvalue weighted by molar-refractivity contribution is -0.141. The van der Waals surface area contributed by atoms with E-state index in [1.165, 1.54) is 42.4 Å². The highest BCUT2D eigenvalue weighted by Gasteiger charge is 2.15. The summed E-state index contributed by atoms with van der Waals surface area (Å²) in [6, 6.07) is 6.50. The van der Waals surface area contributed by atoms with E-state index >= 15 is 0 Å². The number of benzene rings is 1. The van der Waals surface area contributed by atoms with Crippen LogP contribution in [0.2, 0.25) is 0 Å². The van der Waals surface area contributed by atoms with Crippen LogP contribution in [0.25, 0.3) is 0 Å². The maximum atomic E-state index is 10.8. The molecule has 1 unspecified atom stereocenters. The highest BCUT2D eigenvalue weighted by Crippen LogP contribution is 2.25. The van der Waals surface area contributed by atoms with Crippen molar-refractivity contribution in [2.45, 2.75) is 45.4 Å². The summed E-state index contributed by atoms with van der Waals surface area (Å²) in [5.41, 5.74) is 4.35. The van der Waals surface area contributed by atoms with Crippen molar-refractivity contribution in [3.8, 4) is 0 Å². The summed E-state index contributed by atoms with van der Waals surface area (Å²) in [5, 5.41) is 8.90. The van der Waals surface area contributed by atoms with Crippen molar-refractivity contribution in [1.82, 2.24) is 0 Å². The Kier molecular flexibility index (Phi) is 3.82. The molecule has 1 aliphatic rings. The first-order valence-corrected chi connectivity index (χ1v) is 6.51. The summed E-state index contributed by atoms with van der Waals surface area (Å²) < 4.78 is 0. The van der Waals surface area contributed by atoms with Crippen LogP contribution in [0.4, 0.5) is 0 Å². The summed E-state index contributed by atoms with van der Waals surface area (Å²) in [4.78, 5) is 10.8. The van der Waals surface area contributed by atoms with Crippen LogP contribution in [0.5, 0.6) is 0 Å². The molecule has 0 aliphatic heterocycles. The molecular formula is C15H20O2. The van der Waals surface area contributed by atoms with Gasteiger partial charge in [-0.25, -0.2) is 0 Å². The fourth-order valence-corrected chi connectivity index (χ4v) is 2.59. The molecule has 1 N–H and O–H groups in total. The average molecular weight is 232 g/mol. The van der Waals surface area contributed by atoms with Gasteiger partial charge >= 0.3 is 5.97 Å². The van der Waals surface area contributed by atoms with Crippen molar-refractivity contribution in [3.05, 3.63) is 34.9 Å². The molecule has 1 aromatic rings. The molecule has 0 amide bonds. The van der Waals surface area contributed by atoms with E-state index in [2.05, 4.69) is 18.2 Å². The van der Waals surface area contributed by atoms with E-state index in [1.807, 2.05) is 0 Å². The Labute approximate surface area is 103 Å². The standard InChI is InChI=1S/C15H20O2/c1-11(15(16)17)9-10-13-7-4-6-12-5-2-3-8-14(12)13/h4,6-7,11H,2-3,5,8-10H2,1H3,(H,16,17). The molecule has 0 heterocycles. The number of hydrogen-bond donors (Lipinski definition) is 1. The Hall–Kier alpha value is -1.31. The lowest BCUT2D eigenvalue weighted by Gasteiger charge is -2.19. The van der Waals surface area contributed by atoms with Crippen LogP contribution in [0.1, 0.15) is 42.9 Å². The summed E-state index contributed by atoms with van der Waals surface area (Å²) in [5.74, 6) is -0.927. The predicted octanol–water partition coefficient (Wildman–Crippen LogP) is 3.22. The van der Waals surface area contributed by atoms with Gasteiger partial charge in [0.05, 0.1) is 5.92 Å². The minimum absolute atomic E-state index is 0.241. The van der Waals surface area contributed by atoms with Crippen LogP contribution in [0.3, 0.4) is 0 Å². The lowest BCUT2D eigenvalue weighted by atomic mass is 9.86. The Morgan fingerprint density at radius 3 is 2.88 bits per heavy atom. The van der Waals surface area contributed by atoms with E-state index in [0.29, 0.717) is 0 Å². The maximum Gasteiger partial charge on any atom is 0.306 e. The molecule has 0 spiro atoms. The van der Waals surface area contributed by atoms with Gasteiger partial charge in [-0.15, -0.1) is 0 Å². The smallest absolute Gasteiger partial charge is 0.306 e. The molecule has 2 rings (SSSR count). The molecule has 0 fully saturated rings. The van der Waals surface area contributed by atoms with E-state index in [9.17, 15) is 4.79 Å². The second-order valence-electron chi connectivity index (χ2n) is 5.04. The molecule has 0 saturated carbocycles. The molecule has 92 valence electrons. The third kappa shape index (κ3) is 2.87. The summed E-state index contributed by atoms with van der Waals surface area (Å²) in [6.07, 6.45) is 6.58. The topological polar surface area (TPSA) is 37.3 Å². The fourth-order valence-electron chi connectivity index (χ4n) is 2.59. The molecular weight excluding hydrogens is 212 g/mol. The van der Waals surface area contributed by atoms with Gasteiger partial charge in [0.2, 0.25) is 0 Å². The Bertz CT molecular complexity index is 409. The zero-order valence-electron chi connectivity index (χ0n) is 10.4. The van der Waals surface area contributed by atoms with E-state index < -0.39 is 5.97 Å². The van der Waals surface area contributed by atoms with Gasteiger partial charge in [-0.1, -0.05) is 25.1 Å². The Morgan fingerprint density at radius 2 is 2.12 bits per heavy atom. The largest absolute Gasteiger partial charge is 0.481 e. The van der Waals surface area contributed by atoms with E-state index in [4.69, 9.17) is 5.11 Å². The van der Waals surface area contributed by atoms with E-state index in [0.717, 1.165) is 12.8 Å². The monoisotopic (exact) mass is 232 g/mol. The van der Waals surface area contributed by atoms with E-state index in [-0.39, 0.29) is 5.92 Å². The van der Waals surface area contributed by atoms with Crippen molar-refractivity contribution in [1.29, 1.82) is 0 Å². The minimum Gasteiger partial charge on any atom is -0.481 e. The molecule has 0 radical (unpaired) electrons. The number of aryl methyl sites for hydroxylation is 2. The molecule has 2 nitrogen and oxygen atoms in total.